The van der Waals surface area contributed by atoms with Crippen LogP contribution < -0.4 is 5.32 Å². The summed E-state index contributed by atoms with van der Waals surface area (Å²) in [5, 5.41) is 14.0. The normalized spacial score (nSPS) is 20.5. The molecule has 4 heteroatoms. The van der Waals surface area contributed by atoms with E-state index in [0.717, 1.165) is 30.5 Å². The van der Waals surface area contributed by atoms with Gasteiger partial charge in [0.05, 0.1) is 4.92 Å². The third kappa shape index (κ3) is 1.99. The van der Waals surface area contributed by atoms with Gasteiger partial charge in [0.1, 0.15) is 0 Å². The van der Waals surface area contributed by atoms with Crippen LogP contribution in [0.2, 0.25) is 0 Å². The first-order valence-electron chi connectivity index (χ1n) is 5.17. The van der Waals surface area contributed by atoms with Crippen molar-refractivity contribution in [3.05, 3.63) is 39.4 Å². The topological polar surface area (TPSA) is 55.2 Å². The molecule has 15 heavy (non-hydrogen) atoms. The van der Waals surface area contributed by atoms with Crippen molar-refractivity contribution in [3.63, 3.8) is 0 Å². The van der Waals surface area contributed by atoms with Crippen molar-refractivity contribution in [1.82, 2.24) is 5.32 Å². The summed E-state index contributed by atoms with van der Waals surface area (Å²) >= 11 is 0. The van der Waals surface area contributed by atoms with Crippen molar-refractivity contribution < 1.29 is 4.92 Å². The first-order chi connectivity index (χ1) is 7.18. The van der Waals surface area contributed by atoms with Gasteiger partial charge in [0.25, 0.3) is 5.69 Å². The van der Waals surface area contributed by atoms with Crippen molar-refractivity contribution in [2.45, 2.75) is 25.8 Å². The van der Waals surface area contributed by atoms with Crippen LogP contribution in [0.3, 0.4) is 0 Å². The van der Waals surface area contributed by atoms with Gasteiger partial charge in [-0.25, -0.2) is 0 Å². The Morgan fingerprint density at radius 1 is 1.53 bits per heavy atom. The first kappa shape index (κ1) is 10.1. The molecule has 0 spiro atoms. The summed E-state index contributed by atoms with van der Waals surface area (Å²) in [5.74, 6) is 0. The van der Waals surface area contributed by atoms with E-state index in [2.05, 4.69) is 5.32 Å². The van der Waals surface area contributed by atoms with Gasteiger partial charge in [-0.2, -0.15) is 0 Å². The second-order valence-corrected chi connectivity index (χ2v) is 3.95. The minimum Gasteiger partial charge on any atom is -0.310 e. The van der Waals surface area contributed by atoms with Crippen LogP contribution in [-0.2, 0) is 0 Å². The standard InChI is InChI=1S/C11H14N2O2/c1-8-4-5-9(13(14)15)7-10(8)11-3-2-6-12-11/h4-5,7,11-12H,2-3,6H2,1H3/t11-/m0/s1. The zero-order chi connectivity index (χ0) is 10.8. The van der Waals surface area contributed by atoms with E-state index in [4.69, 9.17) is 0 Å². The number of aryl methyl sites for hydroxylation is 1. The summed E-state index contributed by atoms with van der Waals surface area (Å²) in [4.78, 5) is 10.3. The van der Waals surface area contributed by atoms with Crippen LogP contribution in [0, 0.1) is 17.0 Å². The van der Waals surface area contributed by atoms with Gasteiger partial charge in [-0.1, -0.05) is 6.07 Å². The van der Waals surface area contributed by atoms with E-state index in [-0.39, 0.29) is 10.6 Å². The number of nitro groups is 1. The zero-order valence-electron chi connectivity index (χ0n) is 8.69. The molecule has 1 aromatic carbocycles. The second kappa shape index (κ2) is 3.98. The Hall–Kier alpha value is -1.42. The second-order valence-electron chi connectivity index (χ2n) is 3.95. The minimum absolute atomic E-state index is 0.185. The zero-order valence-corrected chi connectivity index (χ0v) is 8.69. The van der Waals surface area contributed by atoms with Crippen LogP contribution in [-0.4, -0.2) is 11.5 Å². The highest BCUT2D eigenvalue weighted by Gasteiger charge is 2.20. The van der Waals surface area contributed by atoms with E-state index in [0.29, 0.717) is 6.04 Å². The highest BCUT2D eigenvalue weighted by atomic mass is 16.6. The molecule has 2 rings (SSSR count). The van der Waals surface area contributed by atoms with E-state index >= 15 is 0 Å². The van der Waals surface area contributed by atoms with Crippen molar-refractivity contribution in [2.24, 2.45) is 0 Å². The average Bonchev–Trinajstić information content (AvgIpc) is 2.71. The Balaban J connectivity index is 2.35. The highest BCUT2D eigenvalue weighted by Crippen LogP contribution is 2.28. The number of non-ortho nitro benzene ring substituents is 1. The Labute approximate surface area is 88.5 Å². The fourth-order valence-electron chi connectivity index (χ4n) is 2.07. The fraction of sp³-hybridized carbons (Fsp3) is 0.455. The van der Waals surface area contributed by atoms with Crippen molar-refractivity contribution >= 4 is 5.69 Å². The van der Waals surface area contributed by atoms with Gasteiger partial charge in [-0.15, -0.1) is 0 Å². The van der Waals surface area contributed by atoms with Crippen LogP contribution in [0.15, 0.2) is 18.2 Å². The molecule has 1 saturated heterocycles. The predicted octanol–water partition coefficient (Wildman–Crippen LogP) is 2.33. The van der Waals surface area contributed by atoms with Crippen LogP contribution >= 0.6 is 0 Å². The van der Waals surface area contributed by atoms with Crippen molar-refractivity contribution in [1.29, 1.82) is 0 Å². The molecule has 0 aromatic heterocycles. The number of nitro benzene ring substituents is 1. The molecule has 1 aliphatic heterocycles. The monoisotopic (exact) mass is 206 g/mol. The smallest absolute Gasteiger partial charge is 0.269 e. The Bertz CT molecular complexity index is 384. The molecule has 1 atom stereocenters. The predicted molar refractivity (Wildman–Crippen MR) is 57.8 cm³/mol. The van der Waals surface area contributed by atoms with Gasteiger partial charge in [-0.05, 0) is 37.4 Å². The molecular formula is C11H14N2O2. The molecule has 1 heterocycles. The molecule has 0 bridgehead atoms. The highest BCUT2D eigenvalue weighted by molar-refractivity contribution is 5.41. The van der Waals surface area contributed by atoms with Crippen LogP contribution in [0.1, 0.15) is 30.0 Å². The maximum Gasteiger partial charge on any atom is 0.269 e. The van der Waals surface area contributed by atoms with Gasteiger partial charge >= 0.3 is 0 Å². The van der Waals surface area contributed by atoms with E-state index in [1.165, 1.54) is 0 Å². The third-order valence-corrected chi connectivity index (χ3v) is 2.91. The van der Waals surface area contributed by atoms with E-state index in [1.807, 2.05) is 13.0 Å². The molecule has 0 saturated carbocycles. The molecular weight excluding hydrogens is 192 g/mol. The SMILES string of the molecule is Cc1ccc([N+](=O)[O-])cc1[C@@H]1CCCN1. The van der Waals surface area contributed by atoms with Crippen LogP contribution in [0.25, 0.3) is 0 Å². The molecule has 1 N–H and O–H groups in total. The summed E-state index contributed by atoms with van der Waals surface area (Å²) < 4.78 is 0. The number of rotatable bonds is 2. The molecule has 1 fully saturated rings. The largest absolute Gasteiger partial charge is 0.310 e. The molecule has 0 amide bonds. The summed E-state index contributed by atoms with van der Waals surface area (Å²) in [5.41, 5.74) is 2.38. The summed E-state index contributed by atoms with van der Waals surface area (Å²) in [7, 11) is 0. The lowest BCUT2D eigenvalue weighted by Crippen LogP contribution is -2.14. The van der Waals surface area contributed by atoms with E-state index < -0.39 is 0 Å². The van der Waals surface area contributed by atoms with Gasteiger partial charge < -0.3 is 5.32 Å². The van der Waals surface area contributed by atoms with Crippen molar-refractivity contribution in [2.75, 3.05) is 6.54 Å². The lowest BCUT2D eigenvalue weighted by molar-refractivity contribution is -0.384. The fourth-order valence-corrected chi connectivity index (χ4v) is 2.07. The number of hydrogen-bond acceptors (Lipinski definition) is 3. The first-order valence-corrected chi connectivity index (χ1v) is 5.17. The van der Waals surface area contributed by atoms with Crippen molar-refractivity contribution in [3.8, 4) is 0 Å². The van der Waals surface area contributed by atoms with Gasteiger partial charge in [0, 0.05) is 18.2 Å². The summed E-state index contributed by atoms with van der Waals surface area (Å²) in [6.45, 7) is 3.01. The van der Waals surface area contributed by atoms with Gasteiger partial charge in [0.2, 0.25) is 0 Å². The minimum atomic E-state index is -0.335. The lowest BCUT2D eigenvalue weighted by Gasteiger charge is -2.13. The number of nitrogens with one attached hydrogen (secondary N) is 1. The number of hydrogen-bond donors (Lipinski definition) is 1. The third-order valence-electron chi connectivity index (χ3n) is 2.91. The summed E-state index contributed by atoms with van der Waals surface area (Å²) in [6.07, 6.45) is 2.22. The average molecular weight is 206 g/mol. The molecule has 4 nitrogen and oxygen atoms in total. The Morgan fingerprint density at radius 3 is 2.93 bits per heavy atom. The molecule has 0 unspecified atom stereocenters. The molecule has 1 aliphatic rings. The van der Waals surface area contributed by atoms with Gasteiger partial charge in [-0.3, -0.25) is 10.1 Å². The Kier molecular flexibility index (Phi) is 2.68. The molecule has 0 aliphatic carbocycles. The molecule has 1 aromatic rings. The van der Waals surface area contributed by atoms with Crippen LogP contribution in [0.5, 0.6) is 0 Å². The quantitative estimate of drug-likeness (QED) is 0.596. The van der Waals surface area contributed by atoms with Gasteiger partial charge in [0.15, 0.2) is 0 Å². The van der Waals surface area contributed by atoms with Crippen LogP contribution in [0.4, 0.5) is 5.69 Å². The number of benzene rings is 1. The summed E-state index contributed by atoms with van der Waals surface area (Å²) in [6, 6.07) is 5.38. The maximum atomic E-state index is 10.7. The maximum absolute atomic E-state index is 10.7. The Morgan fingerprint density at radius 2 is 2.33 bits per heavy atom. The molecule has 0 radical (unpaired) electrons. The number of nitrogens with zero attached hydrogens (tertiary/aromatic N) is 1. The molecule has 80 valence electrons. The lowest BCUT2D eigenvalue weighted by atomic mass is 9.99. The van der Waals surface area contributed by atoms with E-state index in [1.54, 1.807) is 12.1 Å². The van der Waals surface area contributed by atoms with E-state index in [9.17, 15) is 10.1 Å².